The Hall–Kier alpha value is -1.57. The summed E-state index contributed by atoms with van der Waals surface area (Å²) in [5, 5.41) is 7.72. The summed E-state index contributed by atoms with van der Waals surface area (Å²) >= 11 is 0. The second kappa shape index (κ2) is 11.1. The molecule has 0 saturated heterocycles. The molecule has 1 aromatic heterocycles. The van der Waals surface area contributed by atoms with E-state index in [0.717, 1.165) is 29.8 Å². The smallest absolute Gasteiger partial charge is 0.188 e. The van der Waals surface area contributed by atoms with Crippen molar-refractivity contribution in [2.45, 2.75) is 39.2 Å². The van der Waals surface area contributed by atoms with Crippen LogP contribution >= 0.6 is 24.0 Å². The van der Waals surface area contributed by atoms with Crippen LogP contribution in [0.4, 0.5) is 0 Å². The Balaban J connectivity index is 0.00000288. The van der Waals surface area contributed by atoms with Gasteiger partial charge in [0, 0.05) is 30.9 Å². The molecule has 0 spiro atoms. The van der Waals surface area contributed by atoms with Crippen molar-refractivity contribution in [1.82, 2.24) is 15.1 Å². The van der Waals surface area contributed by atoms with Crippen LogP contribution in [-0.4, -0.2) is 22.3 Å². The van der Waals surface area contributed by atoms with Crippen LogP contribution in [0, 0.1) is 0 Å². The van der Waals surface area contributed by atoms with Crippen molar-refractivity contribution in [3.8, 4) is 11.3 Å². The molecule has 0 amide bonds. The number of nitrogens with zero attached hydrogens (tertiary/aromatic N) is 3. The van der Waals surface area contributed by atoms with E-state index >= 15 is 0 Å². The van der Waals surface area contributed by atoms with E-state index in [9.17, 15) is 0 Å². The Morgan fingerprint density at radius 3 is 2.67 bits per heavy atom. The Kier molecular flexibility index (Phi) is 9.44. The molecule has 2 aromatic rings. The number of hydrogen-bond acceptors (Lipinski definition) is 2. The minimum atomic E-state index is 0. The number of nitrogens with one attached hydrogen (secondary N) is 1. The average molecular weight is 441 g/mol. The van der Waals surface area contributed by atoms with E-state index in [2.05, 4.69) is 34.5 Å². The number of unbranched alkanes of at least 4 members (excludes halogenated alkanes) is 3. The van der Waals surface area contributed by atoms with Crippen molar-refractivity contribution < 1.29 is 0 Å². The maximum absolute atomic E-state index is 5.94. The summed E-state index contributed by atoms with van der Waals surface area (Å²) in [6, 6.07) is 10.2. The first kappa shape index (κ1) is 20.5. The zero-order valence-corrected chi connectivity index (χ0v) is 16.9. The normalized spacial score (nSPS) is 11.2. The highest BCUT2D eigenvalue weighted by molar-refractivity contribution is 14.0. The zero-order valence-electron chi connectivity index (χ0n) is 14.5. The third-order valence-corrected chi connectivity index (χ3v) is 3.71. The topological polar surface area (TPSA) is 68.2 Å². The second-order valence-electron chi connectivity index (χ2n) is 5.73. The van der Waals surface area contributed by atoms with Gasteiger partial charge in [-0.3, -0.25) is 4.68 Å². The van der Waals surface area contributed by atoms with Crippen LogP contribution in [-0.2, 0) is 13.6 Å². The molecule has 5 nitrogen and oxygen atoms in total. The largest absolute Gasteiger partial charge is 0.370 e. The molecule has 0 aliphatic heterocycles. The molecule has 0 radical (unpaired) electrons. The third kappa shape index (κ3) is 6.51. The highest BCUT2D eigenvalue weighted by atomic mass is 127. The van der Waals surface area contributed by atoms with Crippen molar-refractivity contribution >= 4 is 29.9 Å². The van der Waals surface area contributed by atoms with Gasteiger partial charge >= 0.3 is 0 Å². The minimum absolute atomic E-state index is 0. The molecule has 24 heavy (non-hydrogen) atoms. The molecular formula is C18H28IN5. The second-order valence-corrected chi connectivity index (χ2v) is 5.73. The average Bonchev–Trinajstić information content (AvgIpc) is 2.94. The molecular weight excluding hydrogens is 413 g/mol. The van der Waals surface area contributed by atoms with Crippen molar-refractivity contribution in [2.24, 2.45) is 17.8 Å². The van der Waals surface area contributed by atoms with Gasteiger partial charge in [-0.25, -0.2) is 4.99 Å². The van der Waals surface area contributed by atoms with Crippen molar-refractivity contribution in [3.05, 3.63) is 42.1 Å². The fraction of sp³-hybridized carbons (Fsp3) is 0.444. The monoisotopic (exact) mass is 441 g/mol. The fourth-order valence-corrected chi connectivity index (χ4v) is 2.49. The lowest BCUT2D eigenvalue weighted by Crippen LogP contribution is -2.32. The van der Waals surface area contributed by atoms with Crippen LogP contribution in [0.3, 0.4) is 0 Å². The zero-order chi connectivity index (χ0) is 16.5. The molecule has 1 aromatic carbocycles. The quantitative estimate of drug-likeness (QED) is 0.284. The maximum atomic E-state index is 5.94. The van der Waals surface area contributed by atoms with Gasteiger partial charge in [-0.05, 0) is 6.42 Å². The van der Waals surface area contributed by atoms with Gasteiger partial charge in [0.15, 0.2) is 5.96 Å². The number of aryl methyl sites for hydroxylation is 1. The van der Waals surface area contributed by atoms with Crippen molar-refractivity contribution in [3.63, 3.8) is 0 Å². The highest BCUT2D eigenvalue weighted by Gasteiger charge is 2.09. The Labute approximate surface area is 161 Å². The molecule has 6 heteroatoms. The summed E-state index contributed by atoms with van der Waals surface area (Å²) in [4.78, 5) is 4.44. The van der Waals surface area contributed by atoms with Gasteiger partial charge in [0.25, 0.3) is 0 Å². The molecule has 0 aliphatic carbocycles. The van der Waals surface area contributed by atoms with Gasteiger partial charge in [0.1, 0.15) is 0 Å². The van der Waals surface area contributed by atoms with Crippen molar-refractivity contribution in [2.75, 3.05) is 6.54 Å². The van der Waals surface area contributed by atoms with Crippen LogP contribution in [0.2, 0.25) is 0 Å². The number of guanidine groups is 1. The summed E-state index contributed by atoms with van der Waals surface area (Å²) in [5.41, 5.74) is 9.09. The summed E-state index contributed by atoms with van der Waals surface area (Å²) in [6.07, 6.45) is 6.88. The van der Waals surface area contributed by atoms with Crippen LogP contribution in [0.5, 0.6) is 0 Å². The first-order valence-corrected chi connectivity index (χ1v) is 8.32. The molecule has 132 valence electrons. The molecule has 3 N–H and O–H groups in total. The number of aliphatic imine (C=N–C) groups is 1. The number of aromatic nitrogens is 2. The lowest BCUT2D eigenvalue weighted by atomic mass is 10.1. The van der Waals surface area contributed by atoms with E-state index in [1.54, 1.807) is 0 Å². The standard InChI is InChI=1S/C18H27N5.HI/c1-3-4-5-9-12-20-18(19)21-13-16-14-23(2)22-17(16)15-10-7-6-8-11-15;/h6-8,10-11,14H,3-5,9,12-13H2,1-2H3,(H3,19,20,21);1H. The Morgan fingerprint density at radius 1 is 1.21 bits per heavy atom. The van der Waals surface area contributed by atoms with E-state index in [0.29, 0.717) is 12.5 Å². The highest BCUT2D eigenvalue weighted by Crippen LogP contribution is 2.22. The molecule has 0 aliphatic rings. The molecule has 0 fully saturated rings. The third-order valence-electron chi connectivity index (χ3n) is 3.71. The summed E-state index contributed by atoms with van der Waals surface area (Å²) < 4.78 is 1.82. The van der Waals surface area contributed by atoms with Crippen LogP contribution in [0.15, 0.2) is 41.5 Å². The van der Waals surface area contributed by atoms with E-state index in [4.69, 9.17) is 5.73 Å². The van der Waals surface area contributed by atoms with Gasteiger partial charge < -0.3 is 11.1 Å². The number of rotatable bonds is 8. The molecule has 0 bridgehead atoms. The van der Waals surface area contributed by atoms with Crippen LogP contribution in [0.1, 0.15) is 38.2 Å². The van der Waals surface area contributed by atoms with Crippen molar-refractivity contribution in [1.29, 1.82) is 0 Å². The SMILES string of the molecule is CCCCCCNC(N)=NCc1cn(C)nc1-c1ccccc1.I. The number of benzene rings is 1. The van der Waals surface area contributed by atoms with Crippen LogP contribution in [0.25, 0.3) is 11.3 Å². The summed E-state index contributed by atoms with van der Waals surface area (Å²) in [6.45, 7) is 3.63. The number of hydrogen-bond donors (Lipinski definition) is 2. The molecule has 1 heterocycles. The number of nitrogens with two attached hydrogens (primary N) is 1. The maximum Gasteiger partial charge on any atom is 0.188 e. The fourth-order valence-electron chi connectivity index (χ4n) is 2.49. The molecule has 2 rings (SSSR count). The van der Waals surface area contributed by atoms with Crippen LogP contribution < -0.4 is 11.1 Å². The lowest BCUT2D eigenvalue weighted by Gasteiger charge is -2.05. The molecule has 0 unspecified atom stereocenters. The van der Waals surface area contributed by atoms with Gasteiger partial charge in [-0.15, -0.1) is 24.0 Å². The summed E-state index contributed by atoms with van der Waals surface area (Å²) in [7, 11) is 1.93. The molecule has 0 atom stereocenters. The first-order chi connectivity index (χ1) is 11.2. The van der Waals surface area contributed by atoms with E-state index in [1.165, 1.54) is 19.3 Å². The lowest BCUT2D eigenvalue weighted by molar-refractivity contribution is 0.652. The molecule has 0 saturated carbocycles. The van der Waals surface area contributed by atoms with Gasteiger partial charge in [0.05, 0.1) is 12.2 Å². The van der Waals surface area contributed by atoms with Gasteiger partial charge in [-0.2, -0.15) is 5.10 Å². The minimum Gasteiger partial charge on any atom is -0.370 e. The summed E-state index contributed by atoms with van der Waals surface area (Å²) in [5.74, 6) is 0.504. The Bertz CT molecular complexity index is 622. The van der Waals surface area contributed by atoms with E-state index in [1.807, 2.05) is 36.1 Å². The van der Waals surface area contributed by atoms with E-state index < -0.39 is 0 Å². The Morgan fingerprint density at radius 2 is 1.96 bits per heavy atom. The predicted molar refractivity (Wildman–Crippen MR) is 112 cm³/mol. The predicted octanol–water partition coefficient (Wildman–Crippen LogP) is 3.69. The number of halogens is 1. The van der Waals surface area contributed by atoms with E-state index in [-0.39, 0.29) is 24.0 Å². The van der Waals surface area contributed by atoms with Gasteiger partial charge in [-0.1, -0.05) is 56.5 Å². The van der Waals surface area contributed by atoms with Gasteiger partial charge in [0.2, 0.25) is 0 Å². The first-order valence-electron chi connectivity index (χ1n) is 8.32.